The van der Waals surface area contributed by atoms with Gasteiger partial charge in [0.15, 0.2) is 55.1 Å². The number of ketones is 4. The third-order valence-corrected chi connectivity index (χ3v) is 19.1. The monoisotopic (exact) mass is 1180 g/mol. The number of likely N-dealkylation sites (N-methyl/N-ethyl adjacent to an activating group) is 2. The van der Waals surface area contributed by atoms with Crippen molar-refractivity contribution in [1.82, 2.24) is 9.80 Å². The first-order valence-corrected chi connectivity index (χ1v) is 29.7. The second-order valence-corrected chi connectivity index (χ2v) is 25.0. The molecule has 22 unspecified atom stereocenters. The number of ether oxygens (including phenoxy) is 14. The Balaban J connectivity index is 0.801. The zero-order valence-corrected chi connectivity index (χ0v) is 49.3. The zero-order valence-electron chi connectivity index (χ0n) is 49.3. The van der Waals surface area contributed by atoms with Crippen molar-refractivity contribution in [1.29, 1.82) is 0 Å². The molecule has 0 aromatic heterocycles. The van der Waals surface area contributed by atoms with Crippen LogP contribution in [0.1, 0.15) is 155 Å². The van der Waals surface area contributed by atoms with Gasteiger partial charge in [0.1, 0.15) is 72.2 Å². The highest BCUT2D eigenvalue weighted by molar-refractivity contribution is 6.31. The predicted octanol–water partition coefficient (Wildman–Crippen LogP) is 4.12. The normalized spacial score (nSPS) is 43.9. The van der Waals surface area contributed by atoms with E-state index in [-0.39, 0.29) is 78.9 Å². The number of rotatable bonds is 11. The molecule has 0 amide bonds. The van der Waals surface area contributed by atoms with Gasteiger partial charge in [-0.05, 0) is 99.9 Å². The molecule has 25 atom stereocenters. The van der Waals surface area contributed by atoms with Crippen molar-refractivity contribution in [2.45, 2.75) is 253 Å². The molecular formula is C60H80N2O22. The summed E-state index contributed by atoms with van der Waals surface area (Å²) in [7, 11) is 7.63. The van der Waals surface area contributed by atoms with Crippen molar-refractivity contribution >= 4 is 23.1 Å². The van der Waals surface area contributed by atoms with Gasteiger partial charge in [-0.25, -0.2) is 0 Å². The molecule has 2 aliphatic carbocycles. The fourth-order valence-corrected chi connectivity index (χ4v) is 14.4. The van der Waals surface area contributed by atoms with Crippen LogP contribution in [0.5, 0.6) is 17.2 Å². The standard InChI is InChI=1S/C60H80N2O22/c1-12-60(70)22-41(79-42-16-31(61(8)9)53(25(4)71-42)80-44-20-37-55(27(6)73-44)83-58-39(77-37)18-35(65)23(2)75-58)29-15-30-46(52(69)49-34(64)14-13-33(63)48(49)50(30)67)51(68)47(29)57(60)82-43-17-32(62(10)11)54(26(5)72-43)81-45-21-38-56(28(7)74-45)84-59-40(78-38)19-36(66)24(3)76-59/h13-15,23-28,31-32,37-45,53-59,63-64,68,70H,12,16-22H2,1-11H3/t23?,24?,25?,26?,27?,28?,31?,32?,37?,38?,39?,40?,41-,42?,43?,44?,45?,53?,54?,55?,56?,57+,58?,59?,60+/m0/s1. The SMILES string of the molecule is CC[C@@]1(O)C[C@H](OC2CC(N(C)C)C(OC3CC4OC5CC(=O)C(C)OC5OC4C(C)O3)C(C)O2)c2cc3c(c(O)c2[C@H]1OC1CC(N(C)C)C(OC2CC4OC5CC(=O)C(C)OC5OC4C(C)O2)C(C)O1)C(=O)c1c(O)ccc(O)c1C3=O. The van der Waals surface area contributed by atoms with Crippen molar-refractivity contribution in [2.75, 3.05) is 28.2 Å². The van der Waals surface area contributed by atoms with Gasteiger partial charge < -0.3 is 96.5 Å². The zero-order chi connectivity index (χ0) is 59.7. The molecule has 0 spiro atoms. The quantitative estimate of drug-likeness (QED) is 0.196. The molecule has 24 nitrogen and oxygen atoms in total. The number of hydrogen-bond acceptors (Lipinski definition) is 24. The highest BCUT2D eigenvalue weighted by Crippen LogP contribution is 2.56. The lowest BCUT2D eigenvalue weighted by molar-refractivity contribution is -0.372. The Labute approximate surface area is 487 Å². The lowest BCUT2D eigenvalue weighted by atomic mass is 9.71. The molecule has 4 N–H and O–H groups in total. The number of nitrogens with zero attached hydrogens (tertiary/aromatic N) is 2. The van der Waals surface area contributed by atoms with Crippen LogP contribution in [0.2, 0.25) is 0 Å². The maximum absolute atomic E-state index is 14.6. The van der Waals surface area contributed by atoms with Crippen LogP contribution in [-0.4, -0.2) is 222 Å². The van der Waals surface area contributed by atoms with Gasteiger partial charge in [0.25, 0.3) is 0 Å². The summed E-state index contributed by atoms with van der Waals surface area (Å²) in [5, 5.41) is 47.9. The van der Waals surface area contributed by atoms with E-state index in [9.17, 15) is 39.6 Å². The first-order chi connectivity index (χ1) is 39.9. The highest BCUT2D eigenvalue weighted by atomic mass is 16.8. The lowest BCUT2D eigenvalue weighted by Crippen LogP contribution is -2.62. The number of carbonyl (C=O) groups excluding carboxylic acids is 4. The molecule has 0 bridgehead atoms. The maximum atomic E-state index is 14.6. The van der Waals surface area contributed by atoms with E-state index in [2.05, 4.69) is 0 Å². The molecule has 12 rings (SSSR count). The smallest absolute Gasteiger partial charge is 0.202 e. The largest absolute Gasteiger partial charge is 0.507 e. The number of carbonyl (C=O) groups is 4. The summed E-state index contributed by atoms with van der Waals surface area (Å²) in [4.78, 5) is 58.3. The number of hydrogen-bond donors (Lipinski definition) is 4. The van der Waals surface area contributed by atoms with Gasteiger partial charge in [0.05, 0.1) is 65.0 Å². The van der Waals surface area contributed by atoms with E-state index in [4.69, 9.17) is 66.3 Å². The fraction of sp³-hybridized carbons (Fsp3) is 0.733. The number of phenolic OH excluding ortho intramolecular Hbond substituents is 3. The Morgan fingerprint density at radius 3 is 1.48 bits per heavy atom. The van der Waals surface area contributed by atoms with E-state index in [1.807, 2.05) is 65.7 Å². The predicted molar refractivity (Wildman–Crippen MR) is 288 cm³/mol. The summed E-state index contributed by atoms with van der Waals surface area (Å²) in [5.41, 5.74) is -3.22. The number of benzene rings is 2. The molecule has 462 valence electrons. The molecular weight excluding hydrogens is 1100 g/mol. The molecule has 8 aliphatic heterocycles. The second kappa shape index (κ2) is 23.1. The molecule has 0 radical (unpaired) electrons. The Hall–Kier alpha value is -4.16. The minimum Gasteiger partial charge on any atom is -0.507 e. The minimum absolute atomic E-state index is 0.0276. The van der Waals surface area contributed by atoms with Gasteiger partial charge in [-0.2, -0.15) is 0 Å². The van der Waals surface area contributed by atoms with Crippen LogP contribution < -0.4 is 0 Å². The first kappa shape index (κ1) is 60.1. The Morgan fingerprint density at radius 1 is 0.548 bits per heavy atom. The summed E-state index contributed by atoms with van der Waals surface area (Å²) < 4.78 is 90.8. The third kappa shape index (κ3) is 10.7. The van der Waals surface area contributed by atoms with Crippen molar-refractivity contribution in [3.8, 4) is 17.2 Å². The average molecular weight is 1180 g/mol. The highest BCUT2D eigenvalue weighted by Gasteiger charge is 2.57. The molecule has 0 saturated carbocycles. The Kier molecular flexibility index (Phi) is 16.5. The number of aromatic hydroxyl groups is 3. The van der Waals surface area contributed by atoms with E-state index in [1.54, 1.807) is 20.8 Å². The van der Waals surface area contributed by atoms with Crippen molar-refractivity contribution in [3.63, 3.8) is 0 Å². The lowest BCUT2D eigenvalue weighted by Gasteiger charge is -2.51. The van der Waals surface area contributed by atoms with Gasteiger partial charge >= 0.3 is 0 Å². The summed E-state index contributed by atoms with van der Waals surface area (Å²) in [6.45, 7) is 12.6. The Morgan fingerprint density at radius 2 is 1.00 bits per heavy atom. The van der Waals surface area contributed by atoms with Crippen LogP contribution in [0, 0.1) is 0 Å². The van der Waals surface area contributed by atoms with Gasteiger partial charge in [-0.15, -0.1) is 0 Å². The van der Waals surface area contributed by atoms with Crippen molar-refractivity contribution < 1.29 is 106 Å². The summed E-state index contributed by atoms with van der Waals surface area (Å²) in [6, 6.07) is 2.94. The van der Waals surface area contributed by atoms with Gasteiger partial charge in [-0.3, -0.25) is 19.2 Å². The minimum atomic E-state index is -1.83. The van der Waals surface area contributed by atoms with E-state index in [1.165, 1.54) is 6.07 Å². The van der Waals surface area contributed by atoms with Crippen LogP contribution in [0.4, 0.5) is 0 Å². The van der Waals surface area contributed by atoms with Crippen LogP contribution >= 0.6 is 0 Å². The molecule has 10 aliphatic rings. The number of aliphatic hydroxyl groups is 1. The Bertz CT molecular complexity index is 2870. The second-order valence-electron chi connectivity index (χ2n) is 25.0. The molecule has 2 aromatic rings. The summed E-state index contributed by atoms with van der Waals surface area (Å²) >= 11 is 0. The van der Waals surface area contributed by atoms with E-state index in [0.29, 0.717) is 12.8 Å². The molecule has 24 heteroatoms. The molecule has 84 heavy (non-hydrogen) atoms. The molecule has 2 aromatic carbocycles. The van der Waals surface area contributed by atoms with Crippen molar-refractivity contribution in [2.24, 2.45) is 0 Å². The molecule has 8 saturated heterocycles. The first-order valence-electron chi connectivity index (χ1n) is 29.7. The van der Waals surface area contributed by atoms with Crippen molar-refractivity contribution in [3.05, 3.63) is 51.6 Å². The number of fused-ring (bicyclic) bond motifs is 7. The number of Topliss-reactive ketones (excluding diaryl/α,β-unsaturated/α-hetero) is 2. The van der Waals surface area contributed by atoms with Crippen LogP contribution in [0.3, 0.4) is 0 Å². The van der Waals surface area contributed by atoms with Gasteiger partial charge in [0.2, 0.25) is 5.78 Å². The van der Waals surface area contributed by atoms with Crippen LogP contribution in [0.15, 0.2) is 18.2 Å². The van der Waals surface area contributed by atoms with Crippen LogP contribution in [-0.2, 0) is 75.9 Å². The van der Waals surface area contributed by atoms with E-state index in [0.717, 1.165) is 12.1 Å². The average Bonchev–Trinajstić information content (AvgIpc) is 0.829. The molecule has 8 heterocycles. The topological polar surface area (TPSA) is 285 Å². The number of phenols is 3. The van der Waals surface area contributed by atoms with Crippen LogP contribution in [0.25, 0.3) is 0 Å². The van der Waals surface area contributed by atoms with E-state index >= 15 is 0 Å². The van der Waals surface area contributed by atoms with Gasteiger partial charge in [-0.1, -0.05) is 6.92 Å². The van der Waals surface area contributed by atoms with Gasteiger partial charge in [0, 0.05) is 68.2 Å². The maximum Gasteiger partial charge on any atom is 0.202 e. The summed E-state index contributed by atoms with van der Waals surface area (Å²) in [5.74, 6) is -3.64. The van der Waals surface area contributed by atoms with E-state index < -0.39 is 187 Å². The molecule has 8 fully saturated rings. The summed E-state index contributed by atoms with van der Waals surface area (Å²) in [6.07, 6.45) is -13.4. The third-order valence-electron chi connectivity index (χ3n) is 19.1. The fourth-order valence-electron chi connectivity index (χ4n) is 14.4.